The number of nitrogens with zero attached hydrogens (tertiary/aromatic N) is 2. The lowest BCUT2D eigenvalue weighted by Crippen LogP contribution is -2.54. The summed E-state index contributed by atoms with van der Waals surface area (Å²) in [5.41, 5.74) is 1.82. The first-order chi connectivity index (χ1) is 15.4. The molecule has 1 saturated heterocycles. The molecule has 2 aliphatic rings. The SMILES string of the molecule is CC1=CC(C)(C)N(C)c2cc(F)c(/C=C3/C(=O)NC(=O)N(c4ccc(Cl)cc4Cl)C3=O)cc21. The molecule has 0 aromatic heterocycles. The molecule has 2 aliphatic heterocycles. The number of imide groups is 2. The van der Waals surface area contributed by atoms with Crippen LogP contribution in [0.15, 0.2) is 42.0 Å². The topological polar surface area (TPSA) is 69.7 Å². The van der Waals surface area contributed by atoms with Gasteiger partial charge in [-0.2, -0.15) is 0 Å². The summed E-state index contributed by atoms with van der Waals surface area (Å²) in [5.74, 6) is -2.45. The maximum Gasteiger partial charge on any atom is 0.335 e. The molecular weight excluding hydrogens is 468 g/mol. The number of amides is 4. The van der Waals surface area contributed by atoms with Crippen molar-refractivity contribution >= 4 is 64.1 Å². The first kappa shape index (κ1) is 23.0. The molecule has 9 heteroatoms. The summed E-state index contributed by atoms with van der Waals surface area (Å²) in [7, 11) is 1.87. The fourth-order valence-electron chi connectivity index (χ4n) is 3.99. The fraction of sp³-hybridized carbons (Fsp3) is 0.208. The fourth-order valence-corrected chi connectivity index (χ4v) is 4.49. The Morgan fingerprint density at radius 1 is 1.06 bits per heavy atom. The number of fused-ring (bicyclic) bond motifs is 1. The van der Waals surface area contributed by atoms with Gasteiger partial charge in [-0.3, -0.25) is 14.9 Å². The van der Waals surface area contributed by atoms with Crippen molar-refractivity contribution in [3.05, 3.63) is 69.0 Å². The highest BCUT2D eigenvalue weighted by molar-refractivity contribution is 6.42. The van der Waals surface area contributed by atoms with Gasteiger partial charge in [-0.15, -0.1) is 0 Å². The largest absolute Gasteiger partial charge is 0.365 e. The van der Waals surface area contributed by atoms with Crippen LogP contribution < -0.4 is 15.1 Å². The second kappa shape index (κ2) is 8.01. The lowest BCUT2D eigenvalue weighted by Gasteiger charge is -2.40. The van der Waals surface area contributed by atoms with E-state index in [1.807, 2.05) is 32.7 Å². The molecular formula is C24H20Cl2FN3O3. The number of hydrogen-bond acceptors (Lipinski definition) is 4. The highest BCUT2D eigenvalue weighted by Crippen LogP contribution is 2.39. The van der Waals surface area contributed by atoms with Crippen LogP contribution >= 0.6 is 23.2 Å². The molecule has 0 atom stereocenters. The third-order valence-electron chi connectivity index (χ3n) is 5.89. The Hall–Kier alpha value is -3.16. The monoisotopic (exact) mass is 487 g/mol. The number of urea groups is 1. The number of rotatable bonds is 2. The van der Waals surface area contributed by atoms with E-state index in [0.717, 1.165) is 22.1 Å². The molecule has 4 rings (SSSR count). The van der Waals surface area contributed by atoms with Crippen LogP contribution in [-0.2, 0) is 9.59 Å². The van der Waals surface area contributed by atoms with Crippen molar-refractivity contribution in [3.63, 3.8) is 0 Å². The van der Waals surface area contributed by atoms with Gasteiger partial charge in [-0.1, -0.05) is 29.3 Å². The minimum Gasteiger partial charge on any atom is -0.365 e. The first-order valence-corrected chi connectivity index (χ1v) is 10.8. The van der Waals surface area contributed by atoms with Crippen LogP contribution in [-0.4, -0.2) is 30.4 Å². The van der Waals surface area contributed by atoms with Gasteiger partial charge in [0.05, 0.1) is 16.2 Å². The molecule has 4 amide bonds. The summed E-state index contributed by atoms with van der Waals surface area (Å²) in [5, 5.41) is 2.46. The number of anilines is 2. The Morgan fingerprint density at radius 3 is 2.42 bits per heavy atom. The lowest BCUT2D eigenvalue weighted by molar-refractivity contribution is -0.122. The molecule has 1 fully saturated rings. The van der Waals surface area contributed by atoms with Crippen LogP contribution in [0.3, 0.4) is 0 Å². The number of benzene rings is 2. The number of carbonyl (C=O) groups excluding carboxylic acids is 3. The summed E-state index contributed by atoms with van der Waals surface area (Å²) >= 11 is 12.1. The van der Waals surface area contributed by atoms with Gasteiger partial charge < -0.3 is 4.90 Å². The third-order valence-corrected chi connectivity index (χ3v) is 6.43. The Balaban J connectivity index is 1.80. The smallest absolute Gasteiger partial charge is 0.335 e. The van der Waals surface area contributed by atoms with Crippen LogP contribution in [0.5, 0.6) is 0 Å². The van der Waals surface area contributed by atoms with Crippen LogP contribution in [0.2, 0.25) is 10.0 Å². The highest BCUT2D eigenvalue weighted by atomic mass is 35.5. The van der Waals surface area contributed by atoms with E-state index in [9.17, 15) is 14.4 Å². The van der Waals surface area contributed by atoms with E-state index in [-0.39, 0.29) is 21.8 Å². The molecule has 2 aromatic carbocycles. The lowest BCUT2D eigenvalue weighted by atomic mass is 9.88. The predicted octanol–water partition coefficient (Wildman–Crippen LogP) is 5.43. The van der Waals surface area contributed by atoms with Crippen molar-refractivity contribution in [2.45, 2.75) is 26.3 Å². The predicted molar refractivity (Wildman–Crippen MR) is 128 cm³/mol. The Morgan fingerprint density at radius 2 is 1.76 bits per heavy atom. The first-order valence-electron chi connectivity index (χ1n) is 10.0. The normalized spacial score (nSPS) is 18.9. The zero-order valence-corrected chi connectivity index (χ0v) is 19.8. The number of halogens is 3. The standard InChI is InChI=1S/C24H20Cl2FN3O3/c1-12-11-24(2,3)29(4)20-10-18(27)13(7-15(12)20)8-16-21(31)28-23(33)30(22(16)32)19-6-5-14(25)9-17(19)26/h5-11H,1-4H3,(H,28,31,33)/b16-8-. The molecule has 0 radical (unpaired) electrons. The minimum atomic E-state index is -0.958. The second-order valence-corrected chi connectivity index (χ2v) is 9.33. The minimum absolute atomic E-state index is 0.0459. The molecule has 33 heavy (non-hydrogen) atoms. The van der Waals surface area contributed by atoms with Gasteiger partial charge in [0.2, 0.25) is 0 Å². The van der Waals surface area contributed by atoms with Gasteiger partial charge in [-0.25, -0.2) is 14.1 Å². The van der Waals surface area contributed by atoms with Gasteiger partial charge in [0.1, 0.15) is 11.4 Å². The molecule has 1 N–H and O–H groups in total. The maximum atomic E-state index is 15.1. The van der Waals surface area contributed by atoms with Crippen molar-refractivity contribution < 1.29 is 18.8 Å². The van der Waals surface area contributed by atoms with Crippen molar-refractivity contribution in [1.82, 2.24) is 5.32 Å². The zero-order chi connectivity index (χ0) is 24.2. The van der Waals surface area contributed by atoms with E-state index in [0.29, 0.717) is 10.7 Å². The molecule has 0 spiro atoms. The molecule has 0 aliphatic carbocycles. The van der Waals surface area contributed by atoms with Gasteiger partial charge in [-0.05, 0) is 62.8 Å². The second-order valence-electron chi connectivity index (χ2n) is 8.48. The molecule has 0 bridgehead atoms. The van der Waals surface area contributed by atoms with E-state index < -0.39 is 29.2 Å². The van der Waals surface area contributed by atoms with E-state index >= 15 is 4.39 Å². The molecule has 0 saturated carbocycles. The Bertz CT molecular complexity index is 1300. The number of hydrogen-bond donors (Lipinski definition) is 1. The summed E-state index contributed by atoms with van der Waals surface area (Å²) in [6.07, 6.45) is 3.20. The van der Waals surface area contributed by atoms with E-state index in [4.69, 9.17) is 23.2 Å². The molecule has 0 unspecified atom stereocenters. The summed E-state index contributed by atoms with van der Waals surface area (Å²) < 4.78 is 15.1. The Labute approximate surface area is 200 Å². The van der Waals surface area contributed by atoms with Crippen molar-refractivity contribution in [2.75, 3.05) is 16.8 Å². The van der Waals surface area contributed by atoms with Gasteiger partial charge in [0.15, 0.2) is 0 Å². The van der Waals surface area contributed by atoms with Crippen LogP contribution in [0, 0.1) is 5.82 Å². The quantitative estimate of drug-likeness (QED) is 0.452. The highest BCUT2D eigenvalue weighted by Gasteiger charge is 2.38. The number of likely N-dealkylation sites (N-methyl/N-ethyl adjacent to an activating group) is 1. The van der Waals surface area contributed by atoms with Gasteiger partial charge in [0, 0.05) is 28.9 Å². The molecule has 2 heterocycles. The maximum absolute atomic E-state index is 15.1. The number of barbiturate groups is 1. The number of nitrogens with one attached hydrogen (secondary N) is 1. The van der Waals surface area contributed by atoms with Crippen molar-refractivity contribution in [1.29, 1.82) is 0 Å². The van der Waals surface area contributed by atoms with Crippen LogP contribution in [0.4, 0.5) is 20.6 Å². The summed E-state index contributed by atoms with van der Waals surface area (Å²) in [4.78, 5) is 40.7. The average molecular weight is 488 g/mol. The van der Waals surface area contributed by atoms with Gasteiger partial charge in [0.25, 0.3) is 11.8 Å². The van der Waals surface area contributed by atoms with E-state index in [1.165, 1.54) is 24.3 Å². The van der Waals surface area contributed by atoms with Gasteiger partial charge >= 0.3 is 6.03 Å². The van der Waals surface area contributed by atoms with E-state index in [2.05, 4.69) is 11.4 Å². The molecule has 2 aromatic rings. The van der Waals surface area contributed by atoms with E-state index in [1.54, 1.807) is 6.07 Å². The number of carbonyl (C=O) groups is 3. The molecule has 170 valence electrons. The Kier molecular flexibility index (Phi) is 5.58. The summed E-state index contributed by atoms with van der Waals surface area (Å²) in [6.45, 7) is 5.96. The van der Waals surface area contributed by atoms with Crippen LogP contribution in [0.25, 0.3) is 11.6 Å². The zero-order valence-electron chi connectivity index (χ0n) is 18.3. The average Bonchev–Trinajstić information content (AvgIpc) is 2.71. The van der Waals surface area contributed by atoms with Crippen LogP contribution in [0.1, 0.15) is 31.9 Å². The number of allylic oxidation sites excluding steroid dienone is 1. The van der Waals surface area contributed by atoms with Crippen molar-refractivity contribution in [3.8, 4) is 0 Å². The third kappa shape index (κ3) is 3.92. The molecule has 6 nitrogen and oxygen atoms in total. The summed E-state index contributed by atoms with van der Waals surface area (Å²) in [6, 6.07) is 6.23. The van der Waals surface area contributed by atoms with Crippen molar-refractivity contribution in [2.24, 2.45) is 0 Å².